The second kappa shape index (κ2) is 8.45. The van der Waals surface area contributed by atoms with Gasteiger partial charge in [-0.3, -0.25) is 14.8 Å². The molecule has 6 nitrogen and oxygen atoms in total. The van der Waals surface area contributed by atoms with Gasteiger partial charge in [-0.05, 0) is 31.4 Å². The van der Waals surface area contributed by atoms with Crippen LogP contribution in [0.15, 0.2) is 24.3 Å². The molecule has 0 bridgehead atoms. The van der Waals surface area contributed by atoms with Crippen LogP contribution in [0.4, 0.5) is 5.82 Å². The maximum absolute atomic E-state index is 12.8. The maximum atomic E-state index is 12.8. The highest BCUT2D eigenvalue weighted by molar-refractivity contribution is 6.18. The molecule has 2 aromatic rings. The summed E-state index contributed by atoms with van der Waals surface area (Å²) in [5, 5.41) is 7.44. The van der Waals surface area contributed by atoms with Crippen LogP contribution in [-0.2, 0) is 11.3 Å². The Morgan fingerprint density at radius 3 is 2.77 bits per heavy atom. The molecule has 1 fully saturated rings. The summed E-state index contributed by atoms with van der Waals surface area (Å²) < 4.78 is 10.7. The van der Waals surface area contributed by atoms with Crippen molar-refractivity contribution in [2.24, 2.45) is 0 Å². The molecule has 1 heterocycles. The first-order valence-corrected chi connectivity index (χ1v) is 9.32. The predicted octanol–water partition coefficient (Wildman–Crippen LogP) is 3.86. The lowest BCUT2D eigenvalue weighted by molar-refractivity contribution is -0.118. The van der Waals surface area contributed by atoms with E-state index < -0.39 is 0 Å². The average Bonchev–Trinajstić information content (AvgIpc) is 3.41. The summed E-state index contributed by atoms with van der Waals surface area (Å²) in [6.07, 6.45) is 3.37. The minimum atomic E-state index is -0.00244. The number of aromatic nitrogens is 2. The maximum Gasteiger partial charge on any atom is 0.228 e. The summed E-state index contributed by atoms with van der Waals surface area (Å²) in [5.74, 6) is 3.03. The number of amides is 1. The number of rotatable bonds is 9. The van der Waals surface area contributed by atoms with Crippen molar-refractivity contribution >= 4 is 23.3 Å². The van der Waals surface area contributed by atoms with Gasteiger partial charge in [0.25, 0.3) is 0 Å². The quantitative estimate of drug-likeness (QED) is 0.674. The van der Waals surface area contributed by atoms with E-state index in [0.717, 1.165) is 11.3 Å². The molecule has 140 valence electrons. The van der Waals surface area contributed by atoms with Crippen molar-refractivity contribution in [2.45, 2.75) is 38.1 Å². The smallest absolute Gasteiger partial charge is 0.228 e. The Balaban J connectivity index is 1.86. The fraction of sp³-hybridized carbons (Fsp3) is 0.474. The molecule has 1 N–H and O–H groups in total. The van der Waals surface area contributed by atoms with Crippen LogP contribution in [0, 0.1) is 0 Å². The van der Waals surface area contributed by atoms with Gasteiger partial charge in [-0.2, -0.15) is 5.10 Å². The zero-order valence-corrected chi connectivity index (χ0v) is 15.9. The third-order valence-corrected chi connectivity index (χ3v) is 4.79. The number of alkyl halides is 1. The molecular weight excluding hydrogens is 354 g/mol. The van der Waals surface area contributed by atoms with Crippen molar-refractivity contribution in [1.29, 1.82) is 0 Å². The van der Waals surface area contributed by atoms with Crippen LogP contribution in [-0.4, -0.2) is 36.2 Å². The fourth-order valence-corrected chi connectivity index (χ4v) is 3.00. The normalized spacial score (nSPS) is 13.5. The molecule has 0 spiro atoms. The molecule has 1 aliphatic rings. The SMILES string of the molecule is COc1ccc(CN(C(=O)CCCCl)c2cc(C3CC3)[nH]n2)c(OC)c1. The molecule has 1 saturated carbocycles. The van der Waals surface area contributed by atoms with Crippen LogP contribution in [0.1, 0.15) is 42.9 Å². The average molecular weight is 378 g/mol. The van der Waals surface area contributed by atoms with Gasteiger partial charge in [-0.15, -0.1) is 11.6 Å². The summed E-state index contributed by atoms with van der Waals surface area (Å²) in [4.78, 5) is 14.5. The first kappa shape index (κ1) is 18.6. The second-order valence-corrected chi connectivity index (χ2v) is 6.78. The van der Waals surface area contributed by atoms with E-state index in [-0.39, 0.29) is 5.91 Å². The third kappa shape index (κ3) is 4.30. The topological polar surface area (TPSA) is 67.5 Å². The van der Waals surface area contributed by atoms with Gasteiger partial charge in [-0.1, -0.05) is 0 Å². The van der Waals surface area contributed by atoms with Crippen molar-refractivity contribution in [3.8, 4) is 11.5 Å². The Morgan fingerprint density at radius 1 is 1.31 bits per heavy atom. The molecule has 7 heteroatoms. The molecule has 1 aliphatic carbocycles. The number of benzene rings is 1. The summed E-state index contributed by atoms with van der Waals surface area (Å²) in [7, 11) is 3.22. The Hall–Kier alpha value is -2.21. The van der Waals surface area contributed by atoms with Crippen molar-refractivity contribution in [3.05, 3.63) is 35.5 Å². The number of hydrogen-bond donors (Lipinski definition) is 1. The third-order valence-electron chi connectivity index (χ3n) is 4.53. The van der Waals surface area contributed by atoms with Gasteiger partial charge < -0.3 is 9.47 Å². The number of hydrogen-bond acceptors (Lipinski definition) is 4. The summed E-state index contributed by atoms with van der Waals surface area (Å²) in [6.45, 7) is 0.378. The summed E-state index contributed by atoms with van der Waals surface area (Å²) in [6, 6.07) is 7.57. The zero-order chi connectivity index (χ0) is 18.5. The first-order chi connectivity index (χ1) is 12.7. The number of methoxy groups -OCH3 is 2. The number of halogens is 1. The van der Waals surface area contributed by atoms with E-state index in [1.807, 2.05) is 24.3 Å². The Kier molecular flexibility index (Phi) is 6.04. The number of nitrogens with zero attached hydrogens (tertiary/aromatic N) is 2. The zero-order valence-electron chi connectivity index (χ0n) is 15.1. The number of ether oxygens (including phenoxy) is 2. The minimum Gasteiger partial charge on any atom is -0.497 e. The predicted molar refractivity (Wildman–Crippen MR) is 101 cm³/mol. The van der Waals surface area contributed by atoms with Crippen LogP contribution >= 0.6 is 11.6 Å². The van der Waals surface area contributed by atoms with Crippen LogP contribution in [0.5, 0.6) is 11.5 Å². The molecule has 0 atom stereocenters. The Bertz CT molecular complexity index is 758. The van der Waals surface area contributed by atoms with Crippen molar-refractivity contribution in [1.82, 2.24) is 10.2 Å². The number of nitrogens with one attached hydrogen (secondary N) is 1. The number of aromatic amines is 1. The van der Waals surface area contributed by atoms with E-state index in [4.69, 9.17) is 21.1 Å². The highest BCUT2D eigenvalue weighted by atomic mass is 35.5. The number of anilines is 1. The molecule has 0 unspecified atom stereocenters. The highest BCUT2D eigenvalue weighted by Crippen LogP contribution is 2.40. The van der Waals surface area contributed by atoms with Gasteiger partial charge in [0.15, 0.2) is 5.82 Å². The van der Waals surface area contributed by atoms with E-state index in [1.54, 1.807) is 19.1 Å². The number of carbonyl (C=O) groups excluding carboxylic acids is 1. The van der Waals surface area contributed by atoms with Crippen molar-refractivity contribution in [2.75, 3.05) is 25.0 Å². The molecule has 1 aromatic carbocycles. The van der Waals surface area contributed by atoms with E-state index in [1.165, 1.54) is 12.8 Å². The van der Waals surface area contributed by atoms with Gasteiger partial charge in [-0.25, -0.2) is 0 Å². The number of H-pyrrole nitrogens is 1. The van der Waals surface area contributed by atoms with Crippen molar-refractivity contribution < 1.29 is 14.3 Å². The molecule has 0 saturated heterocycles. The first-order valence-electron chi connectivity index (χ1n) is 8.78. The summed E-state index contributed by atoms with van der Waals surface area (Å²) >= 11 is 5.77. The Morgan fingerprint density at radius 2 is 2.12 bits per heavy atom. The van der Waals surface area contributed by atoms with Gasteiger partial charge >= 0.3 is 0 Å². The van der Waals surface area contributed by atoms with E-state index in [0.29, 0.717) is 48.5 Å². The van der Waals surface area contributed by atoms with E-state index in [9.17, 15) is 4.79 Å². The Labute approximate surface area is 158 Å². The van der Waals surface area contributed by atoms with Crippen molar-refractivity contribution in [3.63, 3.8) is 0 Å². The molecule has 3 rings (SSSR count). The van der Waals surface area contributed by atoms with Gasteiger partial charge in [0, 0.05) is 41.6 Å². The van der Waals surface area contributed by atoms with Gasteiger partial charge in [0.1, 0.15) is 11.5 Å². The van der Waals surface area contributed by atoms with Gasteiger partial charge in [0.05, 0.1) is 20.8 Å². The van der Waals surface area contributed by atoms with Gasteiger partial charge in [0.2, 0.25) is 5.91 Å². The molecule has 0 aliphatic heterocycles. The van der Waals surface area contributed by atoms with E-state index in [2.05, 4.69) is 10.2 Å². The number of carbonyl (C=O) groups is 1. The molecule has 1 aromatic heterocycles. The lowest BCUT2D eigenvalue weighted by Gasteiger charge is -2.21. The summed E-state index contributed by atoms with van der Waals surface area (Å²) in [5.41, 5.74) is 1.99. The second-order valence-electron chi connectivity index (χ2n) is 6.41. The molecule has 0 radical (unpaired) electrons. The fourth-order valence-electron chi connectivity index (χ4n) is 2.87. The molecule has 26 heavy (non-hydrogen) atoms. The van der Waals surface area contributed by atoms with Crippen LogP contribution < -0.4 is 14.4 Å². The highest BCUT2D eigenvalue weighted by Gasteiger charge is 2.28. The van der Waals surface area contributed by atoms with Crippen LogP contribution in [0.3, 0.4) is 0 Å². The monoisotopic (exact) mass is 377 g/mol. The van der Waals surface area contributed by atoms with E-state index >= 15 is 0 Å². The minimum absolute atomic E-state index is 0.00244. The standard InChI is InChI=1S/C19H24ClN3O3/c1-25-15-8-7-14(17(10-15)26-2)12-23(19(24)4-3-9-20)18-11-16(21-22-18)13-5-6-13/h7-8,10-11,13H,3-6,9,12H2,1-2H3,(H,21,22). The lowest BCUT2D eigenvalue weighted by atomic mass is 10.1. The largest absolute Gasteiger partial charge is 0.497 e. The lowest BCUT2D eigenvalue weighted by Crippen LogP contribution is -2.30. The molecule has 1 amide bonds. The van der Waals surface area contributed by atoms with Crippen LogP contribution in [0.2, 0.25) is 0 Å². The van der Waals surface area contributed by atoms with Crippen LogP contribution in [0.25, 0.3) is 0 Å². The molecular formula is C19H24ClN3O3.